The average molecular weight is 376 g/mol. The maximum Gasteiger partial charge on any atom is 0.199 e. The average Bonchev–Trinajstić information content (AvgIpc) is 3.00. The third-order valence-electron chi connectivity index (χ3n) is 4.04. The third-order valence-corrected chi connectivity index (χ3v) is 4.22. The van der Waals surface area contributed by atoms with Crippen molar-refractivity contribution in [1.82, 2.24) is 14.8 Å². The minimum atomic E-state index is -0.476. The number of ether oxygens (including phenoxy) is 3. The second-order valence-corrected chi connectivity index (χ2v) is 6.07. The molecule has 7 heteroatoms. The first kappa shape index (κ1) is 18.6. The molecule has 0 radical (unpaired) electrons. The molecule has 0 amide bonds. The second-order valence-electron chi connectivity index (χ2n) is 5.68. The van der Waals surface area contributed by atoms with Gasteiger partial charge in [-0.25, -0.2) is 0 Å². The highest BCUT2D eigenvalue weighted by atomic mass is 35.5. The zero-order valence-corrected chi connectivity index (χ0v) is 15.9. The van der Waals surface area contributed by atoms with E-state index >= 15 is 0 Å². The summed E-state index contributed by atoms with van der Waals surface area (Å²) in [6.07, 6.45) is -0.476. The van der Waals surface area contributed by atoms with Gasteiger partial charge in [0.05, 0.1) is 18.3 Å². The van der Waals surface area contributed by atoms with Crippen LogP contribution < -0.4 is 4.74 Å². The van der Waals surface area contributed by atoms with Crippen LogP contribution in [0.3, 0.4) is 0 Å². The summed E-state index contributed by atoms with van der Waals surface area (Å²) >= 11 is 6.08. The Morgan fingerprint density at radius 3 is 2.35 bits per heavy atom. The molecule has 2 aromatic heterocycles. The first-order chi connectivity index (χ1) is 12.7. The van der Waals surface area contributed by atoms with Crippen LogP contribution in [0.15, 0.2) is 36.4 Å². The van der Waals surface area contributed by atoms with Crippen LogP contribution in [0.5, 0.6) is 5.75 Å². The largest absolute Gasteiger partial charge is 0.497 e. The number of hydrogen-bond acceptors (Lipinski definition) is 5. The number of aromatic nitrogens is 3. The number of methoxy groups -OCH3 is 1. The maximum absolute atomic E-state index is 6.08. The van der Waals surface area contributed by atoms with Crippen LogP contribution in [0.25, 0.3) is 11.0 Å². The van der Waals surface area contributed by atoms with Crippen molar-refractivity contribution in [3.05, 3.63) is 52.8 Å². The van der Waals surface area contributed by atoms with Crippen LogP contribution in [0.4, 0.5) is 0 Å². The van der Waals surface area contributed by atoms with Gasteiger partial charge in [-0.15, -0.1) is 10.2 Å². The van der Waals surface area contributed by atoms with Crippen molar-refractivity contribution >= 4 is 22.6 Å². The van der Waals surface area contributed by atoms with Crippen molar-refractivity contribution in [3.8, 4) is 5.75 Å². The number of nitrogens with zero attached hydrogens (tertiary/aromatic N) is 3. The number of rotatable bonds is 8. The molecule has 0 aliphatic heterocycles. The van der Waals surface area contributed by atoms with Gasteiger partial charge in [0.15, 0.2) is 11.4 Å². The van der Waals surface area contributed by atoms with Crippen molar-refractivity contribution in [1.29, 1.82) is 0 Å². The van der Waals surface area contributed by atoms with Gasteiger partial charge in [0.25, 0.3) is 0 Å². The molecule has 0 unspecified atom stereocenters. The van der Waals surface area contributed by atoms with E-state index in [2.05, 4.69) is 14.8 Å². The summed E-state index contributed by atoms with van der Waals surface area (Å²) < 4.78 is 18.9. The van der Waals surface area contributed by atoms with Crippen molar-refractivity contribution in [2.24, 2.45) is 0 Å². The molecule has 1 aromatic carbocycles. The number of halogens is 1. The molecule has 26 heavy (non-hydrogen) atoms. The lowest BCUT2D eigenvalue weighted by Crippen LogP contribution is -2.14. The molecule has 3 rings (SSSR count). The zero-order chi connectivity index (χ0) is 18.5. The van der Waals surface area contributed by atoms with Crippen LogP contribution in [0.2, 0.25) is 5.15 Å². The van der Waals surface area contributed by atoms with E-state index in [1.54, 1.807) is 7.11 Å². The summed E-state index contributed by atoms with van der Waals surface area (Å²) in [5.74, 6) is 0.821. The van der Waals surface area contributed by atoms with Gasteiger partial charge in [-0.3, -0.25) is 0 Å². The summed E-state index contributed by atoms with van der Waals surface area (Å²) in [5, 5.41) is 8.50. The fourth-order valence-electron chi connectivity index (χ4n) is 2.85. The molecule has 6 nitrogen and oxygen atoms in total. The van der Waals surface area contributed by atoms with E-state index in [-0.39, 0.29) is 0 Å². The Labute approximate surface area is 157 Å². The smallest absolute Gasteiger partial charge is 0.199 e. The summed E-state index contributed by atoms with van der Waals surface area (Å²) in [7, 11) is 1.65. The minimum absolute atomic E-state index is 0.350. The van der Waals surface area contributed by atoms with E-state index in [0.717, 1.165) is 28.0 Å². The van der Waals surface area contributed by atoms with E-state index in [0.29, 0.717) is 24.9 Å². The molecule has 0 bridgehead atoms. The highest BCUT2D eigenvalue weighted by Gasteiger charge is 2.20. The summed E-state index contributed by atoms with van der Waals surface area (Å²) in [6.45, 7) is 5.60. The van der Waals surface area contributed by atoms with Gasteiger partial charge >= 0.3 is 0 Å². The van der Waals surface area contributed by atoms with Crippen LogP contribution in [0, 0.1) is 0 Å². The Balaban J connectivity index is 2.06. The molecular formula is C19H22ClN3O3. The van der Waals surface area contributed by atoms with E-state index < -0.39 is 6.29 Å². The molecule has 0 aliphatic rings. The lowest BCUT2D eigenvalue weighted by atomic mass is 10.2. The quantitative estimate of drug-likeness (QED) is 0.552. The fourth-order valence-corrected chi connectivity index (χ4v) is 2.99. The fraction of sp³-hybridized carbons (Fsp3) is 0.368. The Morgan fingerprint density at radius 1 is 1.04 bits per heavy atom. The molecule has 0 N–H and O–H groups in total. The van der Waals surface area contributed by atoms with Gasteiger partial charge in [0, 0.05) is 25.8 Å². The predicted octanol–water partition coefficient (Wildman–Crippen LogP) is 4.21. The normalized spacial score (nSPS) is 11.4. The van der Waals surface area contributed by atoms with Crippen LogP contribution in [-0.4, -0.2) is 35.1 Å². The van der Waals surface area contributed by atoms with Crippen LogP contribution >= 0.6 is 11.6 Å². The Bertz CT molecular complexity index is 858. The zero-order valence-electron chi connectivity index (χ0n) is 15.1. The maximum atomic E-state index is 6.08. The molecule has 0 saturated heterocycles. The first-order valence-corrected chi connectivity index (χ1v) is 8.92. The predicted molar refractivity (Wildman–Crippen MR) is 101 cm³/mol. The third kappa shape index (κ3) is 3.98. The Hall–Kier alpha value is -2.15. The molecule has 3 aromatic rings. The molecule has 0 spiro atoms. The molecule has 2 heterocycles. The van der Waals surface area contributed by atoms with Crippen molar-refractivity contribution in [2.45, 2.75) is 26.7 Å². The van der Waals surface area contributed by atoms with Gasteiger partial charge < -0.3 is 18.8 Å². The molecular weight excluding hydrogens is 354 g/mol. The molecule has 0 saturated carbocycles. The van der Waals surface area contributed by atoms with Gasteiger partial charge in [-0.1, -0.05) is 23.7 Å². The summed E-state index contributed by atoms with van der Waals surface area (Å²) in [6, 6.07) is 11.7. The summed E-state index contributed by atoms with van der Waals surface area (Å²) in [4.78, 5) is 0. The topological polar surface area (TPSA) is 58.4 Å². The number of benzene rings is 1. The van der Waals surface area contributed by atoms with E-state index in [9.17, 15) is 0 Å². The monoisotopic (exact) mass is 375 g/mol. The lowest BCUT2D eigenvalue weighted by Gasteiger charge is -2.20. The van der Waals surface area contributed by atoms with Gasteiger partial charge in [-0.2, -0.15) is 0 Å². The van der Waals surface area contributed by atoms with Crippen LogP contribution in [-0.2, 0) is 16.0 Å². The lowest BCUT2D eigenvalue weighted by molar-refractivity contribution is -0.143. The van der Waals surface area contributed by atoms with Crippen LogP contribution in [0.1, 0.15) is 31.4 Å². The Kier molecular flexibility index (Phi) is 6.08. The first-order valence-electron chi connectivity index (χ1n) is 8.54. The Morgan fingerprint density at radius 2 is 1.73 bits per heavy atom. The highest BCUT2D eigenvalue weighted by Crippen LogP contribution is 2.28. The van der Waals surface area contributed by atoms with Gasteiger partial charge in [0.1, 0.15) is 11.3 Å². The minimum Gasteiger partial charge on any atom is -0.497 e. The van der Waals surface area contributed by atoms with Crippen molar-refractivity contribution < 1.29 is 14.2 Å². The summed E-state index contributed by atoms with van der Waals surface area (Å²) in [5.41, 5.74) is 3.64. The second kappa shape index (κ2) is 8.49. The molecule has 0 atom stereocenters. The van der Waals surface area contributed by atoms with E-state index in [1.165, 1.54) is 0 Å². The SMILES string of the molecule is CCOC(OCC)c1cc2nnc(Cl)cc2n1Cc1ccc(OC)cc1. The van der Waals surface area contributed by atoms with E-state index in [4.69, 9.17) is 25.8 Å². The van der Waals surface area contributed by atoms with E-state index in [1.807, 2.05) is 50.2 Å². The van der Waals surface area contributed by atoms with Crippen molar-refractivity contribution in [3.63, 3.8) is 0 Å². The molecule has 0 aliphatic carbocycles. The van der Waals surface area contributed by atoms with Gasteiger partial charge in [-0.05, 0) is 37.6 Å². The molecule has 0 fully saturated rings. The number of hydrogen-bond donors (Lipinski definition) is 0. The molecule has 138 valence electrons. The van der Waals surface area contributed by atoms with Gasteiger partial charge in [0.2, 0.25) is 0 Å². The standard InChI is InChI=1S/C19H22ClN3O3/c1-4-25-19(26-5-2)17-10-15-16(11-18(20)22-21-15)23(17)12-13-6-8-14(24-3)9-7-13/h6-11,19H,4-5,12H2,1-3H3. The number of fused-ring (bicyclic) bond motifs is 1. The highest BCUT2D eigenvalue weighted by molar-refractivity contribution is 6.29. The van der Waals surface area contributed by atoms with Crippen molar-refractivity contribution in [2.75, 3.05) is 20.3 Å².